The molecule has 4 heteroatoms. The molecule has 1 aromatic carbocycles. The fraction of sp³-hybridized carbons (Fsp3) is 0.600. The number of nitrogens with one attached hydrogen (secondary N) is 1. The highest BCUT2D eigenvalue weighted by Gasteiger charge is 2.36. The predicted molar refractivity (Wildman–Crippen MR) is 119 cm³/mol. The van der Waals surface area contributed by atoms with Gasteiger partial charge in [-0.05, 0) is 82.4 Å². The van der Waals surface area contributed by atoms with E-state index in [1.54, 1.807) is 0 Å². The van der Waals surface area contributed by atoms with Crippen molar-refractivity contribution in [1.82, 2.24) is 5.32 Å². The monoisotopic (exact) mass is 396 g/mol. The molecular weight excluding hydrogens is 360 g/mol. The first-order valence-corrected chi connectivity index (χ1v) is 11.1. The average Bonchev–Trinajstić information content (AvgIpc) is 3.40. The summed E-state index contributed by atoms with van der Waals surface area (Å²) in [6, 6.07) is 8.71. The molecule has 0 aromatic heterocycles. The summed E-state index contributed by atoms with van der Waals surface area (Å²) >= 11 is 0. The normalized spacial score (nSPS) is 20.1. The summed E-state index contributed by atoms with van der Waals surface area (Å²) in [4.78, 5) is 17.0. The summed E-state index contributed by atoms with van der Waals surface area (Å²) in [6.07, 6.45) is 8.45. The lowest BCUT2D eigenvalue weighted by atomic mass is 9.84. The van der Waals surface area contributed by atoms with E-state index in [1.807, 2.05) is 20.8 Å². The van der Waals surface area contributed by atoms with Gasteiger partial charge in [0.2, 0.25) is 0 Å². The third-order valence-corrected chi connectivity index (χ3v) is 5.81. The average molecular weight is 397 g/mol. The van der Waals surface area contributed by atoms with Crippen LogP contribution in [0.5, 0.6) is 0 Å². The number of aliphatic imine (C=N–C) groups is 1. The molecule has 0 saturated heterocycles. The molecule has 1 heterocycles. The van der Waals surface area contributed by atoms with E-state index in [0.717, 1.165) is 31.6 Å². The number of hydrogen-bond donors (Lipinski definition) is 1. The Labute approximate surface area is 175 Å². The smallest absolute Gasteiger partial charge is 0.407 e. The maximum Gasteiger partial charge on any atom is 0.407 e. The Hall–Kier alpha value is -2.10. The van der Waals surface area contributed by atoms with Gasteiger partial charge in [0.05, 0.1) is 5.71 Å². The third kappa shape index (κ3) is 5.94. The Balaban J connectivity index is 1.59. The molecule has 3 rings (SSSR count). The van der Waals surface area contributed by atoms with Crippen LogP contribution >= 0.6 is 0 Å². The fourth-order valence-corrected chi connectivity index (χ4v) is 4.13. The van der Waals surface area contributed by atoms with Crippen molar-refractivity contribution in [3.8, 4) is 0 Å². The van der Waals surface area contributed by atoms with Gasteiger partial charge >= 0.3 is 6.09 Å². The second-order valence-electron chi connectivity index (χ2n) is 9.47. The van der Waals surface area contributed by atoms with Crippen LogP contribution in [0, 0.1) is 18.8 Å². The topological polar surface area (TPSA) is 50.7 Å². The van der Waals surface area contributed by atoms with Gasteiger partial charge in [0.15, 0.2) is 0 Å². The number of benzene rings is 1. The maximum absolute atomic E-state index is 12.1. The summed E-state index contributed by atoms with van der Waals surface area (Å²) < 4.78 is 5.42. The highest BCUT2D eigenvalue weighted by Crippen LogP contribution is 2.45. The first kappa shape index (κ1) is 21.6. The van der Waals surface area contributed by atoms with Crippen LogP contribution in [0.15, 0.2) is 41.0 Å². The minimum Gasteiger partial charge on any atom is -0.444 e. The molecule has 4 nitrogen and oxygen atoms in total. The van der Waals surface area contributed by atoms with Crippen LogP contribution in [-0.4, -0.2) is 23.4 Å². The van der Waals surface area contributed by atoms with Crippen molar-refractivity contribution >= 4 is 11.8 Å². The quantitative estimate of drug-likeness (QED) is 0.570. The summed E-state index contributed by atoms with van der Waals surface area (Å²) in [7, 11) is 0. The van der Waals surface area contributed by atoms with Crippen LogP contribution in [0.4, 0.5) is 4.79 Å². The molecule has 0 spiro atoms. The first-order chi connectivity index (χ1) is 13.8. The largest absolute Gasteiger partial charge is 0.444 e. The van der Waals surface area contributed by atoms with Crippen molar-refractivity contribution in [2.75, 3.05) is 0 Å². The molecule has 158 valence electrons. The molecule has 2 atom stereocenters. The summed E-state index contributed by atoms with van der Waals surface area (Å²) in [5, 5.41) is 3.04. The predicted octanol–water partition coefficient (Wildman–Crippen LogP) is 6.18. The van der Waals surface area contributed by atoms with Crippen LogP contribution in [0.1, 0.15) is 77.3 Å². The van der Waals surface area contributed by atoms with E-state index in [0.29, 0.717) is 5.92 Å². The molecule has 0 radical (unpaired) electrons. The second-order valence-corrected chi connectivity index (χ2v) is 9.47. The van der Waals surface area contributed by atoms with Crippen molar-refractivity contribution in [1.29, 1.82) is 0 Å². The summed E-state index contributed by atoms with van der Waals surface area (Å²) in [5.41, 5.74) is 4.87. The van der Waals surface area contributed by atoms with Crippen LogP contribution in [-0.2, 0) is 4.74 Å². The fourth-order valence-electron chi connectivity index (χ4n) is 4.13. The number of hydrogen-bond acceptors (Lipinski definition) is 3. The number of carbonyl (C=O) groups is 1. The molecule has 2 aliphatic rings. The van der Waals surface area contributed by atoms with Gasteiger partial charge in [-0.15, -0.1) is 0 Å². The lowest BCUT2D eigenvalue weighted by Crippen LogP contribution is -2.38. The number of ether oxygens (including phenoxy) is 1. The number of nitrogens with zero attached hydrogens (tertiary/aromatic N) is 1. The number of aryl methyl sites for hydroxylation is 1. The Kier molecular flexibility index (Phi) is 6.81. The van der Waals surface area contributed by atoms with Crippen LogP contribution in [0.2, 0.25) is 0 Å². The highest BCUT2D eigenvalue weighted by atomic mass is 16.6. The zero-order valence-corrected chi connectivity index (χ0v) is 18.6. The second kappa shape index (κ2) is 9.15. The van der Waals surface area contributed by atoms with Gasteiger partial charge in [-0.3, -0.25) is 4.99 Å². The van der Waals surface area contributed by atoms with E-state index in [-0.39, 0.29) is 12.1 Å². The molecule has 1 saturated carbocycles. The highest BCUT2D eigenvalue weighted by molar-refractivity contribution is 6.06. The molecule has 1 aliphatic carbocycles. The first-order valence-electron chi connectivity index (χ1n) is 11.1. The van der Waals surface area contributed by atoms with Crippen LogP contribution < -0.4 is 5.32 Å². The third-order valence-electron chi connectivity index (χ3n) is 5.81. The Morgan fingerprint density at radius 3 is 2.62 bits per heavy atom. The van der Waals surface area contributed by atoms with E-state index in [2.05, 4.69) is 49.6 Å². The zero-order valence-electron chi connectivity index (χ0n) is 18.6. The van der Waals surface area contributed by atoms with E-state index in [4.69, 9.17) is 9.73 Å². The number of allylic oxidation sites excluding steroid dienone is 1. The number of alkyl carbamates (subject to hydrolysis) is 1. The van der Waals surface area contributed by atoms with Crippen molar-refractivity contribution in [3.05, 3.63) is 47.2 Å². The number of amides is 1. The lowest BCUT2D eigenvalue weighted by molar-refractivity contribution is 0.0499. The van der Waals surface area contributed by atoms with Gasteiger partial charge in [-0.1, -0.05) is 37.6 Å². The molecule has 2 unspecified atom stereocenters. The summed E-state index contributed by atoms with van der Waals surface area (Å²) in [5.74, 6) is 1.15. The SMILES string of the molecule is CCC(CCCC1C(C2CC2)=CN=C1c1ccccc1C)NC(=O)OC(C)(C)C. The van der Waals surface area contributed by atoms with Gasteiger partial charge in [0.25, 0.3) is 0 Å². The van der Waals surface area contributed by atoms with Gasteiger partial charge in [-0.2, -0.15) is 0 Å². The molecule has 1 amide bonds. The minimum absolute atomic E-state index is 0.151. The standard InChI is InChI=1S/C25H36N2O2/c1-6-19(27-24(28)29-25(3,4)5)11-9-13-21-22(18-14-15-18)16-26-23(21)20-12-8-7-10-17(20)2/h7-8,10,12,16,18-19,21H,6,9,11,13-15H2,1-5H3,(H,27,28). The van der Waals surface area contributed by atoms with Crippen molar-refractivity contribution in [2.45, 2.75) is 84.8 Å². The maximum atomic E-state index is 12.1. The Bertz CT molecular complexity index is 784. The van der Waals surface area contributed by atoms with E-state index >= 15 is 0 Å². The molecule has 1 aliphatic heterocycles. The Morgan fingerprint density at radius 1 is 1.28 bits per heavy atom. The summed E-state index contributed by atoms with van der Waals surface area (Å²) in [6.45, 7) is 9.97. The number of carbonyl (C=O) groups excluding carboxylic acids is 1. The van der Waals surface area contributed by atoms with Crippen LogP contribution in [0.3, 0.4) is 0 Å². The van der Waals surface area contributed by atoms with Gasteiger partial charge < -0.3 is 10.1 Å². The molecule has 29 heavy (non-hydrogen) atoms. The molecule has 1 fully saturated rings. The Morgan fingerprint density at radius 2 is 2.00 bits per heavy atom. The zero-order chi connectivity index (χ0) is 21.0. The molecule has 1 aromatic rings. The van der Waals surface area contributed by atoms with E-state index in [9.17, 15) is 4.79 Å². The van der Waals surface area contributed by atoms with E-state index < -0.39 is 5.60 Å². The molecule has 1 N–H and O–H groups in total. The van der Waals surface area contributed by atoms with Gasteiger partial charge in [0.1, 0.15) is 5.60 Å². The van der Waals surface area contributed by atoms with Crippen LogP contribution in [0.25, 0.3) is 0 Å². The van der Waals surface area contributed by atoms with Crippen molar-refractivity contribution in [3.63, 3.8) is 0 Å². The lowest BCUT2D eigenvalue weighted by Gasteiger charge is -2.24. The van der Waals surface area contributed by atoms with Gasteiger partial charge in [-0.25, -0.2) is 4.79 Å². The molecular formula is C25H36N2O2. The number of rotatable bonds is 8. The minimum atomic E-state index is -0.463. The van der Waals surface area contributed by atoms with Gasteiger partial charge in [0, 0.05) is 18.2 Å². The molecule has 0 bridgehead atoms. The van der Waals surface area contributed by atoms with E-state index in [1.165, 1.54) is 35.3 Å². The van der Waals surface area contributed by atoms with Crippen molar-refractivity contribution in [2.24, 2.45) is 16.8 Å². The van der Waals surface area contributed by atoms with Crippen molar-refractivity contribution < 1.29 is 9.53 Å².